The van der Waals surface area contributed by atoms with E-state index in [1.165, 1.54) is 19.3 Å². The van der Waals surface area contributed by atoms with E-state index in [-0.39, 0.29) is 21.7 Å². The van der Waals surface area contributed by atoms with Gasteiger partial charge in [-0.1, -0.05) is 35.9 Å². The highest BCUT2D eigenvalue weighted by Crippen LogP contribution is 2.30. The standard InChI is InChI=1S/C18H18ClN5O3S/c1-20-28(25,26)16-10-6-4-8-14(16)22-17-12(19)11-21-18(24-17)23-13-7-3-5-9-15(13)27-2/h3-11,20H,1-2H3,(H2,21,22,23,24). The number of methoxy groups -OCH3 is 1. The molecule has 1 heterocycles. The summed E-state index contributed by atoms with van der Waals surface area (Å²) in [6.07, 6.45) is 1.42. The first kappa shape index (κ1) is 19.9. The minimum atomic E-state index is -3.66. The van der Waals surface area contributed by atoms with Crippen molar-refractivity contribution in [1.29, 1.82) is 0 Å². The van der Waals surface area contributed by atoms with Gasteiger partial charge in [-0.2, -0.15) is 4.98 Å². The Hall–Kier alpha value is -2.88. The normalized spacial score (nSPS) is 11.1. The number of halogens is 1. The summed E-state index contributed by atoms with van der Waals surface area (Å²) in [4.78, 5) is 8.58. The lowest BCUT2D eigenvalue weighted by Gasteiger charge is -2.14. The quantitative estimate of drug-likeness (QED) is 0.537. The van der Waals surface area contributed by atoms with Crippen LogP contribution >= 0.6 is 11.6 Å². The first-order valence-electron chi connectivity index (χ1n) is 8.17. The van der Waals surface area contributed by atoms with Crippen molar-refractivity contribution < 1.29 is 13.2 Å². The zero-order valence-electron chi connectivity index (χ0n) is 15.1. The summed E-state index contributed by atoms with van der Waals surface area (Å²) >= 11 is 6.20. The van der Waals surface area contributed by atoms with Crippen LogP contribution in [0.25, 0.3) is 0 Å². The smallest absolute Gasteiger partial charge is 0.242 e. The number of ether oxygens (including phenoxy) is 1. The highest BCUT2D eigenvalue weighted by Gasteiger charge is 2.17. The molecule has 0 atom stereocenters. The van der Waals surface area contributed by atoms with Crippen LogP contribution in [0.15, 0.2) is 59.6 Å². The summed E-state index contributed by atoms with van der Waals surface area (Å²) in [5.74, 6) is 1.15. The van der Waals surface area contributed by atoms with Gasteiger partial charge < -0.3 is 15.4 Å². The number of nitrogens with zero attached hydrogens (tertiary/aromatic N) is 2. The Morgan fingerprint density at radius 3 is 2.39 bits per heavy atom. The van der Waals surface area contributed by atoms with Gasteiger partial charge >= 0.3 is 0 Å². The maximum absolute atomic E-state index is 12.2. The lowest BCUT2D eigenvalue weighted by molar-refractivity contribution is 0.417. The van der Waals surface area contributed by atoms with Gasteiger partial charge in [0.25, 0.3) is 0 Å². The average Bonchev–Trinajstić information content (AvgIpc) is 2.71. The van der Waals surface area contributed by atoms with Crippen LogP contribution in [0.2, 0.25) is 5.02 Å². The van der Waals surface area contributed by atoms with E-state index in [0.717, 1.165) is 0 Å². The van der Waals surface area contributed by atoms with E-state index in [2.05, 4.69) is 25.3 Å². The fraction of sp³-hybridized carbons (Fsp3) is 0.111. The van der Waals surface area contributed by atoms with Crippen LogP contribution in [-0.4, -0.2) is 32.5 Å². The number of para-hydroxylation sites is 3. The molecule has 0 aliphatic carbocycles. The minimum Gasteiger partial charge on any atom is -0.495 e. The minimum absolute atomic E-state index is 0.0754. The predicted octanol–water partition coefficient (Wildman–Crippen LogP) is 3.53. The van der Waals surface area contributed by atoms with Crippen LogP contribution in [0.5, 0.6) is 5.75 Å². The molecule has 0 aliphatic heterocycles. The molecule has 0 amide bonds. The molecule has 0 bridgehead atoms. The van der Waals surface area contributed by atoms with Crippen LogP contribution in [0.1, 0.15) is 0 Å². The maximum atomic E-state index is 12.2. The lowest BCUT2D eigenvalue weighted by atomic mass is 10.3. The molecule has 28 heavy (non-hydrogen) atoms. The summed E-state index contributed by atoms with van der Waals surface area (Å²) in [6.45, 7) is 0. The maximum Gasteiger partial charge on any atom is 0.242 e. The van der Waals surface area contributed by atoms with E-state index in [9.17, 15) is 8.42 Å². The van der Waals surface area contributed by atoms with Gasteiger partial charge in [-0.05, 0) is 31.3 Å². The van der Waals surface area contributed by atoms with Crippen LogP contribution in [0, 0.1) is 0 Å². The van der Waals surface area contributed by atoms with Crippen molar-refractivity contribution in [3.63, 3.8) is 0 Å². The van der Waals surface area contributed by atoms with Crippen molar-refractivity contribution in [3.8, 4) is 5.75 Å². The fourth-order valence-corrected chi connectivity index (χ4v) is 3.45. The van der Waals surface area contributed by atoms with Gasteiger partial charge in [-0.15, -0.1) is 0 Å². The Bertz CT molecular complexity index is 1090. The third kappa shape index (κ3) is 4.33. The topological polar surface area (TPSA) is 105 Å². The molecule has 3 rings (SSSR count). The molecule has 0 saturated carbocycles. The van der Waals surface area contributed by atoms with Gasteiger partial charge in [-0.25, -0.2) is 18.1 Å². The van der Waals surface area contributed by atoms with E-state index in [4.69, 9.17) is 16.3 Å². The Morgan fingerprint density at radius 2 is 1.68 bits per heavy atom. The third-order valence-electron chi connectivity index (χ3n) is 3.80. The van der Waals surface area contributed by atoms with Crippen molar-refractivity contribution >= 4 is 44.8 Å². The number of hydrogen-bond donors (Lipinski definition) is 3. The first-order chi connectivity index (χ1) is 13.4. The number of anilines is 4. The van der Waals surface area contributed by atoms with Crippen molar-refractivity contribution in [2.24, 2.45) is 0 Å². The SMILES string of the molecule is CNS(=O)(=O)c1ccccc1Nc1nc(Nc2ccccc2OC)ncc1Cl. The molecule has 3 N–H and O–H groups in total. The molecule has 0 radical (unpaired) electrons. The van der Waals surface area contributed by atoms with Crippen molar-refractivity contribution in [2.75, 3.05) is 24.8 Å². The molecule has 0 saturated heterocycles. The molecule has 8 nitrogen and oxygen atoms in total. The highest BCUT2D eigenvalue weighted by molar-refractivity contribution is 7.89. The number of aromatic nitrogens is 2. The van der Waals surface area contributed by atoms with Crippen LogP contribution < -0.4 is 20.1 Å². The number of benzene rings is 2. The summed E-state index contributed by atoms with van der Waals surface area (Å²) in [7, 11) is -0.749. The Morgan fingerprint density at radius 1 is 1.00 bits per heavy atom. The van der Waals surface area contributed by atoms with Gasteiger partial charge in [0, 0.05) is 0 Å². The summed E-state index contributed by atoms with van der Waals surface area (Å²) in [5.41, 5.74) is 1.01. The van der Waals surface area contributed by atoms with Crippen LogP contribution in [0.4, 0.5) is 23.1 Å². The van der Waals surface area contributed by atoms with Crippen LogP contribution in [-0.2, 0) is 10.0 Å². The van der Waals surface area contributed by atoms with Gasteiger partial charge in [0.2, 0.25) is 16.0 Å². The van der Waals surface area contributed by atoms with Crippen molar-refractivity contribution in [3.05, 3.63) is 59.8 Å². The van der Waals surface area contributed by atoms with Gasteiger partial charge in [0.15, 0.2) is 5.82 Å². The Labute approximate surface area is 168 Å². The van der Waals surface area contributed by atoms with Crippen molar-refractivity contribution in [1.82, 2.24) is 14.7 Å². The zero-order chi connectivity index (χ0) is 20.1. The second-order valence-corrected chi connectivity index (χ2v) is 7.81. The summed E-state index contributed by atoms with van der Waals surface area (Å²) in [5, 5.41) is 6.26. The molecular weight excluding hydrogens is 402 g/mol. The molecule has 0 unspecified atom stereocenters. The molecule has 146 valence electrons. The molecule has 0 fully saturated rings. The van der Waals surface area contributed by atoms with E-state index < -0.39 is 10.0 Å². The van der Waals surface area contributed by atoms with E-state index in [1.54, 1.807) is 31.4 Å². The molecule has 1 aromatic heterocycles. The van der Waals surface area contributed by atoms with E-state index >= 15 is 0 Å². The lowest BCUT2D eigenvalue weighted by Crippen LogP contribution is -2.19. The molecular formula is C18H18ClN5O3S. The van der Waals surface area contributed by atoms with E-state index in [1.807, 2.05) is 18.2 Å². The second-order valence-electron chi connectivity index (χ2n) is 5.54. The monoisotopic (exact) mass is 419 g/mol. The molecule has 3 aromatic rings. The Balaban J connectivity index is 1.94. The molecule has 10 heteroatoms. The Kier molecular flexibility index (Phi) is 5.98. The average molecular weight is 420 g/mol. The fourth-order valence-electron chi connectivity index (χ4n) is 2.43. The van der Waals surface area contributed by atoms with Gasteiger partial charge in [0.1, 0.15) is 15.7 Å². The highest BCUT2D eigenvalue weighted by atomic mass is 35.5. The van der Waals surface area contributed by atoms with Crippen LogP contribution in [0.3, 0.4) is 0 Å². The third-order valence-corrected chi connectivity index (χ3v) is 5.55. The largest absolute Gasteiger partial charge is 0.495 e. The van der Waals surface area contributed by atoms with Gasteiger partial charge in [0.05, 0.1) is 24.7 Å². The molecule has 0 aliphatic rings. The number of nitrogens with one attached hydrogen (secondary N) is 3. The number of hydrogen-bond acceptors (Lipinski definition) is 7. The summed E-state index contributed by atoms with van der Waals surface area (Å²) in [6, 6.07) is 13.8. The predicted molar refractivity (Wildman–Crippen MR) is 109 cm³/mol. The molecule has 0 spiro atoms. The zero-order valence-corrected chi connectivity index (χ0v) is 16.7. The number of sulfonamides is 1. The first-order valence-corrected chi connectivity index (χ1v) is 10.0. The van der Waals surface area contributed by atoms with E-state index in [0.29, 0.717) is 17.1 Å². The summed E-state index contributed by atoms with van der Waals surface area (Å²) < 4.78 is 32.1. The second kappa shape index (κ2) is 8.42. The van der Waals surface area contributed by atoms with Gasteiger partial charge in [-0.3, -0.25) is 0 Å². The number of rotatable bonds is 7. The molecule has 2 aromatic carbocycles. The van der Waals surface area contributed by atoms with Crippen molar-refractivity contribution in [2.45, 2.75) is 4.90 Å².